The number of amides is 1. The number of carbonyl (C=O) groups is 2. The molecule has 1 aliphatic rings. The van der Waals surface area contributed by atoms with Crippen LogP contribution in [0.3, 0.4) is 0 Å². The van der Waals surface area contributed by atoms with Gasteiger partial charge in [0, 0.05) is 6.61 Å². The van der Waals surface area contributed by atoms with Crippen molar-refractivity contribution in [3.05, 3.63) is 35.9 Å². The van der Waals surface area contributed by atoms with E-state index in [1.54, 1.807) is 0 Å². The normalized spacial score (nSPS) is 22.1. The summed E-state index contributed by atoms with van der Waals surface area (Å²) >= 11 is 0. The molecule has 1 aromatic rings. The first-order valence-corrected chi connectivity index (χ1v) is 6.80. The number of rotatable bonds is 7. The maximum absolute atomic E-state index is 12.1. The standard InChI is InChI=1S/C15H19NO4/c1-2-20-13-8-11(13)15(19)16-12(9-14(17)18)10-6-4-3-5-7-10/h3-7,11-13H,2,8-9H2,1H3,(H,16,19)(H,17,18)/t11-,12+,13-/m1/s1. The summed E-state index contributed by atoms with van der Waals surface area (Å²) in [5, 5.41) is 11.8. The highest BCUT2D eigenvalue weighted by Gasteiger charge is 2.44. The highest BCUT2D eigenvalue weighted by atomic mass is 16.5. The number of hydrogen-bond acceptors (Lipinski definition) is 3. The van der Waals surface area contributed by atoms with Crippen LogP contribution in [-0.4, -0.2) is 29.7 Å². The average Bonchev–Trinajstić information content (AvgIpc) is 3.18. The largest absolute Gasteiger partial charge is 0.481 e. The van der Waals surface area contributed by atoms with E-state index in [9.17, 15) is 9.59 Å². The third-order valence-electron chi connectivity index (χ3n) is 3.35. The van der Waals surface area contributed by atoms with E-state index in [0.29, 0.717) is 13.0 Å². The Balaban J connectivity index is 1.98. The molecule has 0 saturated heterocycles. The molecule has 5 nitrogen and oxygen atoms in total. The lowest BCUT2D eigenvalue weighted by atomic mass is 10.0. The van der Waals surface area contributed by atoms with E-state index in [0.717, 1.165) is 5.56 Å². The van der Waals surface area contributed by atoms with Gasteiger partial charge >= 0.3 is 5.97 Å². The van der Waals surface area contributed by atoms with Crippen molar-refractivity contribution in [2.75, 3.05) is 6.61 Å². The van der Waals surface area contributed by atoms with Crippen LogP contribution in [0.2, 0.25) is 0 Å². The molecule has 1 aromatic carbocycles. The number of hydrogen-bond donors (Lipinski definition) is 2. The summed E-state index contributed by atoms with van der Waals surface area (Å²) in [5.74, 6) is -1.20. The maximum Gasteiger partial charge on any atom is 0.305 e. The van der Waals surface area contributed by atoms with E-state index in [2.05, 4.69) is 5.32 Å². The maximum atomic E-state index is 12.1. The zero-order valence-corrected chi connectivity index (χ0v) is 11.4. The van der Waals surface area contributed by atoms with Crippen LogP contribution < -0.4 is 5.32 Å². The molecule has 0 bridgehead atoms. The van der Waals surface area contributed by atoms with Gasteiger partial charge in [0.1, 0.15) is 0 Å². The van der Waals surface area contributed by atoms with Crippen molar-refractivity contribution < 1.29 is 19.4 Å². The van der Waals surface area contributed by atoms with Crippen LogP contribution >= 0.6 is 0 Å². The Kier molecular flexibility index (Phi) is 4.74. The molecule has 20 heavy (non-hydrogen) atoms. The first-order chi connectivity index (χ1) is 9.61. The summed E-state index contributed by atoms with van der Waals surface area (Å²) in [5.41, 5.74) is 0.803. The summed E-state index contributed by atoms with van der Waals surface area (Å²) in [7, 11) is 0. The number of carbonyl (C=O) groups excluding carboxylic acids is 1. The van der Waals surface area contributed by atoms with Crippen LogP contribution in [-0.2, 0) is 14.3 Å². The van der Waals surface area contributed by atoms with E-state index in [1.165, 1.54) is 0 Å². The summed E-state index contributed by atoms with van der Waals surface area (Å²) in [6.07, 6.45) is 0.581. The van der Waals surface area contributed by atoms with Crippen molar-refractivity contribution in [1.29, 1.82) is 0 Å². The Hall–Kier alpha value is -1.88. The molecule has 0 aliphatic heterocycles. The molecule has 0 aromatic heterocycles. The molecule has 1 saturated carbocycles. The van der Waals surface area contributed by atoms with Crippen molar-refractivity contribution >= 4 is 11.9 Å². The third kappa shape index (κ3) is 3.81. The number of nitrogens with one attached hydrogen (secondary N) is 1. The van der Waals surface area contributed by atoms with Crippen molar-refractivity contribution in [2.24, 2.45) is 5.92 Å². The molecular formula is C15H19NO4. The second-order valence-corrected chi connectivity index (χ2v) is 4.91. The molecule has 1 amide bonds. The second-order valence-electron chi connectivity index (χ2n) is 4.91. The minimum Gasteiger partial charge on any atom is -0.481 e. The van der Waals surface area contributed by atoms with Crippen LogP contribution in [0.1, 0.15) is 31.4 Å². The van der Waals surface area contributed by atoms with E-state index in [4.69, 9.17) is 9.84 Å². The summed E-state index contributed by atoms with van der Waals surface area (Å²) in [4.78, 5) is 23.0. The molecule has 0 unspecified atom stereocenters. The average molecular weight is 277 g/mol. The van der Waals surface area contributed by atoms with Crippen molar-refractivity contribution in [1.82, 2.24) is 5.32 Å². The zero-order chi connectivity index (χ0) is 14.5. The highest BCUT2D eigenvalue weighted by molar-refractivity contribution is 5.83. The van der Waals surface area contributed by atoms with Crippen LogP contribution in [0, 0.1) is 5.92 Å². The molecule has 0 spiro atoms. The number of carboxylic acid groups (broad SMARTS) is 1. The lowest BCUT2D eigenvalue weighted by Crippen LogP contribution is -2.32. The Morgan fingerprint density at radius 3 is 2.70 bits per heavy atom. The number of ether oxygens (including phenoxy) is 1. The van der Waals surface area contributed by atoms with Gasteiger partial charge in [-0.05, 0) is 18.9 Å². The Morgan fingerprint density at radius 1 is 1.40 bits per heavy atom. The molecule has 0 radical (unpaired) electrons. The van der Waals surface area contributed by atoms with Crippen LogP contribution in [0.4, 0.5) is 0 Å². The molecule has 0 heterocycles. The van der Waals surface area contributed by atoms with E-state index < -0.39 is 12.0 Å². The van der Waals surface area contributed by atoms with Gasteiger partial charge in [0.2, 0.25) is 5.91 Å². The molecule has 1 aliphatic carbocycles. The lowest BCUT2D eigenvalue weighted by molar-refractivity contribution is -0.137. The van der Waals surface area contributed by atoms with E-state index in [-0.39, 0.29) is 24.3 Å². The van der Waals surface area contributed by atoms with Gasteiger partial charge in [-0.2, -0.15) is 0 Å². The van der Waals surface area contributed by atoms with Crippen molar-refractivity contribution in [3.63, 3.8) is 0 Å². The number of carboxylic acids is 1. The molecule has 5 heteroatoms. The quantitative estimate of drug-likeness (QED) is 0.796. The van der Waals surface area contributed by atoms with Crippen LogP contribution in [0.5, 0.6) is 0 Å². The fraction of sp³-hybridized carbons (Fsp3) is 0.467. The highest BCUT2D eigenvalue weighted by Crippen LogP contribution is 2.34. The summed E-state index contributed by atoms with van der Waals surface area (Å²) < 4.78 is 5.38. The van der Waals surface area contributed by atoms with Gasteiger partial charge in [0.25, 0.3) is 0 Å². The molecule has 3 atom stereocenters. The molecule has 1 fully saturated rings. The smallest absolute Gasteiger partial charge is 0.305 e. The van der Waals surface area contributed by atoms with Gasteiger partial charge in [-0.3, -0.25) is 9.59 Å². The lowest BCUT2D eigenvalue weighted by Gasteiger charge is -2.17. The van der Waals surface area contributed by atoms with Gasteiger partial charge in [-0.25, -0.2) is 0 Å². The predicted octanol–water partition coefficient (Wildman–Crippen LogP) is 1.74. The van der Waals surface area contributed by atoms with Crippen molar-refractivity contribution in [2.45, 2.75) is 31.9 Å². The molecule has 2 N–H and O–H groups in total. The summed E-state index contributed by atoms with van der Waals surface area (Å²) in [6.45, 7) is 2.48. The van der Waals surface area contributed by atoms with E-state index >= 15 is 0 Å². The van der Waals surface area contributed by atoms with Gasteiger partial charge in [-0.1, -0.05) is 30.3 Å². The number of benzene rings is 1. The first-order valence-electron chi connectivity index (χ1n) is 6.80. The van der Waals surface area contributed by atoms with E-state index in [1.807, 2.05) is 37.3 Å². The van der Waals surface area contributed by atoms with Gasteiger partial charge in [-0.15, -0.1) is 0 Å². The molecular weight excluding hydrogens is 258 g/mol. The fourth-order valence-electron chi connectivity index (χ4n) is 2.24. The van der Waals surface area contributed by atoms with Gasteiger partial charge in [0.15, 0.2) is 0 Å². The Labute approximate surface area is 117 Å². The first kappa shape index (κ1) is 14.5. The SMILES string of the molecule is CCO[C@@H]1C[C@H]1C(=O)N[C@@H](CC(=O)O)c1ccccc1. The Morgan fingerprint density at radius 2 is 2.10 bits per heavy atom. The third-order valence-corrected chi connectivity index (χ3v) is 3.35. The number of aliphatic carboxylic acids is 1. The zero-order valence-electron chi connectivity index (χ0n) is 11.4. The van der Waals surface area contributed by atoms with Gasteiger partial charge in [0.05, 0.1) is 24.5 Å². The second kappa shape index (κ2) is 6.52. The monoisotopic (exact) mass is 277 g/mol. The minimum absolute atomic E-state index is 0.0127. The molecule has 108 valence electrons. The summed E-state index contributed by atoms with van der Waals surface area (Å²) in [6, 6.07) is 8.66. The van der Waals surface area contributed by atoms with Crippen LogP contribution in [0.15, 0.2) is 30.3 Å². The predicted molar refractivity (Wildman–Crippen MR) is 73.1 cm³/mol. The minimum atomic E-state index is -0.934. The van der Waals surface area contributed by atoms with Crippen molar-refractivity contribution in [3.8, 4) is 0 Å². The molecule has 2 rings (SSSR count). The topological polar surface area (TPSA) is 75.6 Å². The Bertz CT molecular complexity index is 474. The van der Waals surface area contributed by atoms with Crippen LogP contribution in [0.25, 0.3) is 0 Å². The van der Waals surface area contributed by atoms with Gasteiger partial charge < -0.3 is 15.2 Å². The fourth-order valence-corrected chi connectivity index (χ4v) is 2.24.